The number of carbonyl (C=O) groups excluding carboxylic acids is 1. The fourth-order valence-electron chi connectivity index (χ4n) is 4.62. The summed E-state index contributed by atoms with van der Waals surface area (Å²) in [7, 11) is 0. The quantitative estimate of drug-likeness (QED) is 0.664. The van der Waals surface area contributed by atoms with Crippen molar-refractivity contribution in [3.05, 3.63) is 29.8 Å². The van der Waals surface area contributed by atoms with Gasteiger partial charge >= 0.3 is 6.03 Å². The lowest BCUT2D eigenvalue weighted by Crippen LogP contribution is -2.57. The number of para-hydroxylation sites is 1. The van der Waals surface area contributed by atoms with E-state index < -0.39 is 0 Å². The minimum Gasteiger partial charge on any atom is -0.364 e. The van der Waals surface area contributed by atoms with Crippen molar-refractivity contribution in [2.75, 3.05) is 18.0 Å². The number of fused-ring (bicyclic) bond motifs is 2. The minimum atomic E-state index is -0.313. The van der Waals surface area contributed by atoms with Crippen molar-refractivity contribution in [2.24, 2.45) is 0 Å². The van der Waals surface area contributed by atoms with Crippen LogP contribution in [0, 0.1) is 0 Å². The number of hydrogen-bond acceptors (Lipinski definition) is 2. The van der Waals surface area contributed by atoms with Gasteiger partial charge in [-0.25, -0.2) is 4.79 Å². The van der Waals surface area contributed by atoms with E-state index in [2.05, 4.69) is 101 Å². The zero-order valence-electron chi connectivity index (χ0n) is 18.0. The van der Waals surface area contributed by atoms with E-state index in [0.29, 0.717) is 0 Å². The number of nitrogens with zero attached hydrogens (tertiary/aromatic N) is 3. The first-order valence-electron chi connectivity index (χ1n) is 9.69. The Morgan fingerprint density at radius 1 is 0.769 bits per heavy atom. The molecule has 1 atom stereocenters. The lowest BCUT2D eigenvalue weighted by molar-refractivity contribution is 0.0839. The molecular weight excluding hydrogens is 322 g/mol. The number of urea groups is 1. The topological polar surface area (TPSA) is 26.8 Å². The second-order valence-electron chi connectivity index (χ2n) is 10.9. The summed E-state index contributed by atoms with van der Waals surface area (Å²) < 4.78 is 0. The van der Waals surface area contributed by atoms with E-state index in [9.17, 15) is 4.79 Å². The molecule has 26 heavy (non-hydrogen) atoms. The fraction of sp³-hybridized carbons (Fsp3) is 0.682. The first-order chi connectivity index (χ1) is 11.7. The predicted octanol–water partition coefficient (Wildman–Crippen LogP) is 4.84. The van der Waals surface area contributed by atoms with Crippen LogP contribution in [0.2, 0.25) is 0 Å². The van der Waals surface area contributed by atoms with E-state index in [0.717, 1.165) is 13.1 Å². The highest BCUT2D eigenvalue weighted by Crippen LogP contribution is 2.52. The summed E-state index contributed by atoms with van der Waals surface area (Å²) in [4.78, 5) is 20.2. The van der Waals surface area contributed by atoms with Crippen molar-refractivity contribution in [2.45, 2.75) is 84.5 Å². The highest BCUT2D eigenvalue weighted by atomic mass is 16.2. The van der Waals surface area contributed by atoms with Gasteiger partial charge < -0.3 is 14.7 Å². The van der Waals surface area contributed by atoms with Gasteiger partial charge in [0, 0.05) is 34.4 Å². The molecule has 0 aromatic heterocycles. The van der Waals surface area contributed by atoms with E-state index >= 15 is 0 Å². The van der Waals surface area contributed by atoms with E-state index in [4.69, 9.17) is 0 Å². The van der Waals surface area contributed by atoms with Crippen LogP contribution in [0.25, 0.3) is 0 Å². The maximum atomic E-state index is 13.6. The number of hydrogen-bond donors (Lipinski definition) is 0. The van der Waals surface area contributed by atoms with Crippen LogP contribution >= 0.6 is 0 Å². The lowest BCUT2D eigenvalue weighted by Gasteiger charge is -2.44. The SMILES string of the molecule is CC(C)(C)N1C[C@]2(CN(C(C)(C)C)c3ccccc32)N(C(C)(C)C)C1=O. The number of rotatable bonds is 0. The molecule has 144 valence electrons. The molecule has 0 N–H and O–H groups in total. The Morgan fingerprint density at radius 2 is 1.27 bits per heavy atom. The highest BCUT2D eigenvalue weighted by molar-refractivity contribution is 5.83. The Kier molecular flexibility index (Phi) is 3.96. The second-order valence-corrected chi connectivity index (χ2v) is 10.9. The second kappa shape index (κ2) is 5.40. The third kappa shape index (κ3) is 2.69. The number of anilines is 1. The molecule has 4 heteroatoms. The van der Waals surface area contributed by atoms with Gasteiger partial charge in [-0.2, -0.15) is 0 Å². The summed E-state index contributed by atoms with van der Waals surface area (Å²) in [6, 6.07) is 8.80. The van der Waals surface area contributed by atoms with Crippen LogP contribution in [0.5, 0.6) is 0 Å². The minimum absolute atomic E-state index is 0.00135. The summed E-state index contributed by atoms with van der Waals surface area (Å²) in [6.07, 6.45) is 0. The molecule has 1 saturated heterocycles. The van der Waals surface area contributed by atoms with Crippen molar-refractivity contribution in [3.8, 4) is 0 Å². The van der Waals surface area contributed by atoms with Crippen LogP contribution in [0.3, 0.4) is 0 Å². The average molecular weight is 358 g/mol. The first kappa shape index (κ1) is 19.1. The maximum absolute atomic E-state index is 13.6. The molecule has 0 aliphatic carbocycles. The summed E-state index contributed by atoms with van der Waals surface area (Å²) in [5.41, 5.74) is 1.78. The molecule has 1 aromatic rings. The Morgan fingerprint density at radius 3 is 1.77 bits per heavy atom. The number of carbonyl (C=O) groups is 1. The predicted molar refractivity (Wildman–Crippen MR) is 109 cm³/mol. The van der Waals surface area contributed by atoms with E-state index in [1.807, 2.05) is 0 Å². The van der Waals surface area contributed by atoms with Gasteiger partial charge in [0.15, 0.2) is 0 Å². The Balaban J connectivity index is 2.23. The third-order valence-electron chi connectivity index (χ3n) is 5.68. The van der Waals surface area contributed by atoms with Gasteiger partial charge in [0.25, 0.3) is 0 Å². The summed E-state index contributed by atoms with van der Waals surface area (Å²) >= 11 is 0. The number of amides is 2. The normalized spacial score (nSPS) is 24.0. The third-order valence-corrected chi connectivity index (χ3v) is 5.68. The largest absolute Gasteiger partial charge is 0.364 e. The molecule has 1 fully saturated rings. The molecule has 0 saturated carbocycles. The maximum Gasteiger partial charge on any atom is 0.321 e. The van der Waals surface area contributed by atoms with Crippen molar-refractivity contribution in [3.63, 3.8) is 0 Å². The smallest absolute Gasteiger partial charge is 0.321 e. The highest BCUT2D eigenvalue weighted by Gasteiger charge is 2.61. The molecule has 3 rings (SSSR count). The van der Waals surface area contributed by atoms with Gasteiger partial charge in [-0.05, 0) is 68.4 Å². The molecule has 2 amide bonds. The summed E-state index contributed by atoms with van der Waals surface area (Å²) in [5.74, 6) is 0. The monoisotopic (exact) mass is 357 g/mol. The Labute approximate surface area is 159 Å². The van der Waals surface area contributed by atoms with Crippen LogP contribution < -0.4 is 4.90 Å². The number of benzene rings is 1. The van der Waals surface area contributed by atoms with Crippen LogP contribution in [0.15, 0.2) is 24.3 Å². The molecular formula is C22H35N3O. The zero-order chi connectivity index (χ0) is 19.7. The molecule has 0 unspecified atom stereocenters. The fourth-order valence-corrected chi connectivity index (χ4v) is 4.62. The van der Waals surface area contributed by atoms with Crippen molar-refractivity contribution < 1.29 is 4.79 Å². The lowest BCUT2D eigenvalue weighted by atomic mass is 9.87. The van der Waals surface area contributed by atoms with Gasteiger partial charge in [-0.15, -0.1) is 0 Å². The zero-order valence-corrected chi connectivity index (χ0v) is 18.0. The average Bonchev–Trinajstić information content (AvgIpc) is 2.94. The standard InChI is InChI=1S/C22H35N3O/c1-19(2,3)23-14-22(16-12-10-11-13-17(16)23)15-24(20(4,5)6)18(26)25(22)21(7,8)9/h10-13H,14-15H2,1-9H3/t22-/m0/s1. The van der Waals surface area contributed by atoms with Gasteiger partial charge in [-0.1, -0.05) is 18.2 Å². The van der Waals surface area contributed by atoms with Crippen LogP contribution in [-0.4, -0.2) is 45.5 Å². The van der Waals surface area contributed by atoms with E-state index in [-0.39, 0.29) is 28.2 Å². The van der Waals surface area contributed by atoms with Crippen molar-refractivity contribution >= 4 is 11.7 Å². The molecule has 1 aromatic carbocycles. The van der Waals surface area contributed by atoms with E-state index in [1.165, 1.54) is 11.3 Å². The molecule has 2 aliphatic rings. The Hall–Kier alpha value is -1.71. The van der Waals surface area contributed by atoms with E-state index in [1.54, 1.807) is 0 Å². The van der Waals surface area contributed by atoms with Gasteiger partial charge in [0.05, 0.1) is 6.54 Å². The Bertz CT molecular complexity index is 720. The van der Waals surface area contributed by atoms with Crippen molar-refractivity contribution in [1.82, 2.24) is 9.80 Å². The molecule has 0 radical (unpaired) electrons. The van der Waals surface area contributed by atoms with Crippen LogP contribution in [-0.2, 0) is 5.54 Å². The molecule has 1 spiro atoms. The van der Waals surface area contributed by atoms with Gasteiger partial charge in [0.1, 0.15) is 5.54 Å². The van der Waals surface area contributed by atoms with Crippen LogP contribution in [0.4, 0.5) is 10.5 Å². The molecule has 2 heterocycles. The van der Waals surface area contributed by atoms with Gasteiger partial charge in [0.2, 0.25) is 0 Å². The van der Waals surface area contributed by atoms with Crippen LogP contribution in [0.1, 0.15) is 67.9 Å². The molecule has 4 nitrogen and oxygen atoms in total. The van der Waals surface area contributed by atoms with Crippen molar-refractivity contribution in [1.29, 1.82) is 0 Å². The summed E-state index contributed by atoms with van der Waals surface area (Å²) in [5, 5.41) is 0. The molecule has 2 aliphatic heterocycles. The van der Waals surface area contributed by atoms with Gasteiger partial charge in [-0.3, -0.25) is 0 Å². The summed E-state index contributed by atoms with van der Waals surface area (Å²) in [6.45, 7) is 21.2. The first-order valence-corrected chi connectivity index (χ1v) is 9.69. The molecule has 0 bridgehead atoms.